The van der Waals surface area contributed by atoms with Crippen LogP contribution in [0.4, 0.5) is 0 Å². The highest BCUT2D eigenvalue weighted by molar-refractivity contribution is 7.92. The molecule has 0 radical (unpaired) electrons. The van der Waals surface area contributed by atoms with E-state index in [1.54, 1.807) is 24.5 Å². The lowest BCUT2D eigenvalue weighted by atomic mass is 10.2. The molecule has 1 heterocycles. The highest BCUT2D eigenvalue weighted by Gasteiger charge is 2.14. The number of hydrogen-bond donors (Lipinski definition) is 3. The number of rotatable bonds is 9. The van der Waals surface area contributed by atoms with Gasteiger partial charge in [0.15, 0.2) is 22.2 Å². The Kier molecular flexibility index (Phi) is 9.61. The monoisotopic (exact) mass is 408 g/mol. The van der Waals surface area contributed by atoms with Gasteiger partial charge < -0.3 is 22.7 Å². The highest BCUT2D eigenvalue weighted by atomic mass is 79.9. The van der Waals surface area contributed by atoms with Gasteiger partial charge in [-0.15, -0.1) is 0 Å². The minimum atomic E-state index is -3.38. The molecule has 0 fully saturated rings. The Balaban J connectivity index is 0.00000484. The first kappa shape index (κ1) is 21.5. The molecule has 0 atom stereocenters. The molecular weight excluding hydrogens is 388 g/mol. The van der Waals surface area contributed by atoms with Gasteiger partial charge in [0, 0.05) is 18.6 Å². The third kappa shape index (κ3) is 8.62. The van der Waals surface area contributed by atoms with Gasteiger partial charge in [-0.1, -0.05) is 0 Å². The number of nitrogens with zero attached hydrogens (tertiary/aromatic N) is 1. The molecule has 130 valence electrons. The molecule has 0 aliphatic carbocycles. The summed E-state index contributed by atoms with van der Waals surface area (Å²) in [7, 11) is -3.38. The fourth-order valence-corrected chi connectivity index (χ4v) is 3.14. The van der Waals surface area contributed by atoms with Crippen molar-refractivity contribution in [2.75, 3.05) is 11.5 Å². The van der Waals surface area contributed by atoms with E-state index in [1.807, 2.05) is 4.57 Å². The van der Waals surface area contributed by atoms with Gasteiger partial charge in [-0.25, -0.2) is 18.8 Å². The molecule has 0 saturated carbocycles. The second kappa shape index (κ2) is 10.3. The third-order valence-corrected chi connectivity index (χ3v) is 4.65. The molecule has 0 bridgehead atoms. The Bertz CT molecular complexity index is 619. The summed E-state index contributed by atoms with van der Waals surface area (Å²) >= 11 is 0. The van der Waals surface area contributed by atoms with E-state index in [4.69, 9.17) is 11.6 Å². The summed E-state index contributed by atoms with van der Waals surface area (Å²) in [6, 6.07) is 3.30. The van der Waals surface area contributed by atoms with E-state index < -0.39 is 21.5 Å². The average molecular weight is 409 g/mol. The Morgan fingerprint density at radius 1 is 1.13 bits per heavy atom. The summed E-state index contributed by atoms with van der Waals surface area (Å²) in [5.41, 5.74) is 7.39. The van der Waals surface area contributed by atoms with Crippen LogP contribution in [-0.2, 0) is 21.2 Å². The lowest BCUT2D eigenvalue weighted by Gasteiger charge is -2.02. The number of nitrogens with two attached hydrogens (primary N) is 2. The maximum Gasteiger partial charge on any atom is 0.265 e. The Morgan fingerprint density at radius 3 is 2.26 bits per heavy atom. The lowest BCUT2D eigenvalue weighted by Crippen LogP contribution is -3.00. The van der Waals surface area contributed by atoms with Crippen molar-refractivity contribution in [1.82, 2.24) is 5.43 Å². The molecule has 5 N–H and O–H groups in total. The number of unbranched alkanes of at least 4 members (excludes halogenated alkanes) is 2. The standard InChI is InChI=1S/C13H20N4O4S.BrH/c14-12(18)10-22(20,21)9-3-1-2-6-17-7-4-11(5-8-17)13(19)16-15;/h4-5,7-8,15H,1-3,6,9-10H2,(H3,14,18,19);1H. The predicted molar refractivity (Wildman–Crippen MR) is 80.0 cm³/mol. The molecule has 0 spiro atoms. The molecule has 23 heavy (non-hydrogen) atoms. The molecule has 0 aromatic carbocycles. The van der Waals surface area contributed by atoms with Crippen molar-refractivity contribution in [2.24, 2.45) is 11.6 Å². The number of carbonyl (C=O) groups is 2. The predicted octanol–water partition coefficient (Wildman–Crippen LogP) is -4.35. The van der Waals surface area contributed by atoms with E-state index in [0.29, 0.717) is 18.5 Å². The van der Waals surface area contributed by atoms with Crippen LogP contribution in [-0.4, -0.2) is 31.7 Å². The molecule has 0 aliphatic rings. The Hall–Kier alpha value is -1.52. The Morgan fingerprint density at radius 2 is 1.74 bits per heavy atom. The summed E-state index contributed by atoms with van der Waals surface area (Å²) in [6.45, 7) is 0.709. The van der Waals surface area contributed by atoms with Crippen LogP contribution < -0.4 is 38.6 Å². The van der Waals surface area contributed by atoms with Crippen molar-refractivity contribution in [3.8, 4) is 0 Å². The molecule has 2 amide bonds. The first-order chi connectivity index (χ1) is 10.3. The zero-order valence-electron chi connectivity index (χ0n) is 12.6. The number of nitrogens with one attached hydrogen (secondary N) is 1. The minimum absolute atomic E-state index is 0. The number of pyridine rings is 1. The van der Waals surface area contributed by atoms with Gasteiger partial charge in [-0.05, 0) is 12.8 Å². The number of aromatic nitrogens is 1. The van der Waals surface area contributed by atoms with E-state index in [1.165, 1.54) is 0 Å². The molecule has 1 aromatic heterocycles. The molecule has 1 rings (SSSR count). The number of hydrogen-bond acceptors (Lipinski definition) is 5. The van der Waals surface area contributed by atoms with Crippen molar-refractivity contribution in [2.45, 2.75) is 25.8 Å². The highest BCUT2D eigenvalue weighted by Crippen LogP contribution is 2.01. The van der Waals surface area contributed by atoms with Crippen molar-refractivity contribution in [3.63, 3.8) is 0 Å². The van der Waals surface area contributed by atoms with Gasteiger partial charge in [-0.2, -0.15) is 0 Å². The van der Waals surface area contributed by atoms with Gasteiger partial charge >= 0.3 is 0 Å². The van der Waals surface area contributed by atoms with Gasteiger partial charge in [0.25, 0.3) is 5.91 Å². The van der Waals surface area contributed by atoms with Gasteiger partial charge in [0.1, 0.15) is 12.3 Å². The summed E-state index contributed by atoms with van der Waals surface area (Å²) < 4.78 is 24.8. The number of halogens is 1. The number of sulfone groups is 1. The smallest absolute Gasteiger partial charge is 0.265 e. The number of hydrazine groups is 1. The first-order valence-corrected chi connectivity index (χ1v) is 8.65. The molecule has 8 nitrogen and oxygen atoms in total. The summed E-state index contributed by atoms with van der Waals surface area (Å²) in [5, 5.41) is 0. The first-order valence-electron chi connectivity index (χ1n) is 6.83. The molecule has 10 heteroatoms. The fourth-order valence-electron chi connectivity index (χ4n) is 1.92. The second-order valence-corrected chi connectivity index (χ2v) is 7.10. The van der Waals surface area contributed by atoms with Gasteiger partial charge in [0.2, 0.25) is 5.91 Å². The fraction of sp³-hybridized carbons (Fsp3) is 0.462. The van der Waals surface area contributed by atoms with Crippen molar-refractivity contribution >= 4 is 21.7 Å². The maximum atomic E-state index is 11.4. The summed E-state index contributed by atoms with van der Waals surface area (Å²) in [4.78, 5) is 21.8. The SMILES string of the molecule is NNC(=O)c1cc[n+](CCCCCS(=O)(=O)CC(N)=O)cc1.[Br-]. The number of carbonyl (C=O) groups excluding carboxylic acids is 2. The average Bonchev–Trinajstić information content (AvgIpc) is 2.45. The largest absolute Gasteiger partial charge is 1.00 e. The van der Waals surface area contributed by atoms with E-state index in [9.17, 15) is 18.0 Å². The molecular formula is C13H21BrN4O4S. The van der Waals surface area contributed by atoms with Crippen LogP contribution in [0.15, 0.2) is 24.5 Å². The number of nitrogen functional groups attached to an aromatic ring is 1. The van der Waals surface area contributed by atoms with Crippen molar-refractivity contribution < 1.29 is 39.6 Å². The van der Waals surface area contributed by atoms with Crippen LogP contribution in [0.1, 0.15) is 29.6 Å². The second-order valence-electron chi connectivity index (χ2n) is 4.92. The van der Waals surface area contributed by atoms with Crippen LogP contribution in [0, 0.1) is 0 Å². The lowest BCUT2D eigenvalue weighted by molar-refractivity contribution is -0.697. The van der Waals surface area contributed by atoms with E-state index in [-0.39, 0.29) is 28.6 Å². The number of aryl methyl sites for hydroxylation is 1. The van der Waals surface area contributed by atoms with E-state index in [0.717, 1.165) is 12.8 Å². The number of primary amides is 1. The van der Waals surface area contributed by atoms with Crippen LogP contribution in [0.25, 0.3) is 0 Å². The minimum Gasteiger partial charge on any atom is -1.00 e. The zero-order valence-corrected chi connectivity index (χ0v) is 15.0. The normalized spacial score (nSPS) is 10.7. The van der Waals surface area contributed by atoms with Crippen molar-refractivity contribution in [1.29, 1.82) is 0 Å². The summed E-state index contributed by atoms with van der Waals surface area (Å²) in [5.74, 6) is 3.24. The number of amides is 2. The quantitative estimate of drug-likeness (QED) is 0.125. The van der Waals surface area contributed by atoms with Crippen LogP contribution in [0.3, 0.4) is 0 Å². The van der Waals surface area contributed by atoms with Crippen molar-refractivity contribution in [3.05, 3.63) is 30.1 Å². The summed E-state index contributed by atoms with van der Waals surface area (Å²) in [6.07, 6.45) is 5.52. The topological polar surface area (TPSA) is 136 Å². The Labute approximate surface area is 145 Å². The molecule has 1 aromatic rings. The molecule has 0 unspecified atom stereocenters. The van der Waals surface area contributed by atoms with E-state index in [2.05, 4.69) is 5.43 Å². The third-order valence-electron chi connectivity index (χ3n) is 3.02. The van der Waals surface area contributed by atoms with Gasteiger partial charge in [0.05, 0.1) is 11.3 Å². The van der Waals surface area contributed by atoms with E-state index >= 15 is 0 Å². The van der Waals surface area contributed by atoms with Crippen LogP contribution >= 0.6 is 0 Å². The van der Waals surface area contributed by atoms with Crippen LogP contribution in [0.2, 0.25) is 0 Å². The molecule has 0 aliphatic heterocycles. The van der Waals surface area contributed by atoms with Crippen LogP contribution in [0.5, 0.6) is 0 Å². The van der Waals surface area contributed by atoms with Gasteiger partial charge in [-0.3, -0.25) is 15.0 Å². The molecule has 0 saturated heterocycles. The zero-order chi connectivity index (χ0) is 16.6. The maximum absolute atomic E-state index is 11.4.